The zero-order valence-electron chi connectivity index (χ0n) is 13.7. The summed E-state index contributed by atoms with van der Waals surface area (Å²) in [5.41, 5.74) is 10.8. The van der Waals surface area contributed by atoms with Crippen molar-refractivity contribution in [2.75, 3.05) is 19.8 Å². The monoisotopic (exact) mass is 404 g/mol. The number of Topliss-reactive ketones (excluding diaryl/α,β-unsaturated/α-hetero) is 1. The van der Waals surface area contributed by atoms with E-state index in [-0.39, 0.29) is 19.4 Å². The number of aliphatic hydroxyl groups is 4. The van der Waals surface area contributed by atoms with E-state index in [4.69, 9.17) is 31.5 Å². The van der Waals surface area contributed by atoms with E-state index in [1.165, 1.54) is 0 Å². The summed E-state index contributed by atoms with van der Waals surface area (Å²) in [5, 5.41) is 36.6. The molecule has 0 aromatic carbocycles. The molecule has 0 bridgehead atoms. The van der Waals surface area contributed by atoms with E-state index in [1.807, 2.05) is 0 Å². The molecule has 0 fully saturated rings. The molecule has 0 amide bonds. The minimum atomic E-state index is -4.96. The second kappa shape index (κ2) is 11.7. The van der Waals surface area contributed by atoms with Gasteiger partial charge in [0.2, 0.25) is 5.78 Å². The van der Waals surface area contributed by atoms with Gasteiger partial charge in [-0.25, -0.2) is 4.57 Å². The number of phosphoric ester groups is 1. The van der Waals surface area contributed by atoms with Crippen molar-refractivity contribution in [3.8, 4) is 0 Å². The van der Waals surface area contributed by atoms with E-state index < -0.39 is 63.2 Å². The van der Waals surface area contributed by atoms with Crippen LogP contribution in [0.25, 0.3) is 0 Å². The topological polar surface area (TPSA) is 243 Å². The van der Waals surface area contributed by atoms with Crippen molar-refractivity contribution in [2.24, 2.45) is 11.5 Å². The summed E-state index contributed by atoms with van der Waals surface area (Å²) in [7, 11) is -4.96. The Labute approximate surface area is 148 Å². The lowest BCUT2D eigenvalue weighted by Gasteiger charge is -2.23. The summed E-state index contributed by atoms with van der Waals surface area (Å²) in [6.45, 7) is -1.82. The standard InChI is InChI=1S/C12H25N2O11P/c13-3-1-2-8(25-26(21,22)23)9(14)12(20)24-5-7(17)11(19)10(18)6(16)4-15/h6,8-11,15-16,18-19H,1-5,13-14H2,(H2,21,22,23)/t6-,8?,9+,10-,11-/m1/s1. The van der Waals surface area contributed by atoms with Crippen LogP contribution in [0.3, 0.4) is 0 Å². The Kier molecular flexibility index (Phi) is 11.2. The summed E-state index contributed by atoms with van der Waals surface area (Å²) in [6, 6.07) is -1.66. The fourth-order valence-corrected chi connectivity index (χ4v) is 2.37. The highest BCUT2D eigenvalue weighted by molar-refractivity contribution is 7.46. The molecule has 26 heavy (non-hydrogen) atoms. The molecule has 0 aliphatic carbocycles. The van der Waals surface area contributed by atoms with E-state index in [9.17, 15) is 24.4 Å². The lowest BCUT2D eigenvalue weighted by atomic mass is 10.1. The van der Waals surface area contributed by atoms with Gasteiger partial charge in [0.1, 0.15) is 24.4 Å². The van der Waals surface area contributed by atoms with Gasteiger partial charge in [-0.15, -0.1) is 0 Å². The third-order valence-electron chi connectivity index (χ3n) is 3.23. The molecule has 0 saturated heterocycles. The minimum absolute atomic E-state index is 0.0736. The van der Waals surface area contributed by atoms with Gasteiger partial charge in [0.05, 0.1) is 12.7 Å². The van der Waals surface area contributed by atoms with Gasteiger partial charge < -0.3 is 46.4 Å². The molecule has 0 aliphatic heterocycles. The van der Waals surface area contributed by atoms with Crippen LogP contribution >= 0.6 is 7.82 Å². The zero-order valence-corrected chi connectivity index (χ0v) is 14.6. The number of ketones is 1. The Morgan fingerprint density at radius 2 is 1.73 bits per heavy atom. The van der Waals surface area contributed by atoms with Crippen LogP contribution in [0.15, 0.2) is 0 Å². The van der Waals surface area contributed by atoms with E-state index >= 15 is 0 Å². The first-order valence-corrected chi connectivity index (χ1v) is 9.01. The molecule has 0 aliphatic rings. The quantitative estimate of drug-likeness (QED) is 0.107. The van der Waals surface area contributed by atoms with E-state index in [2.05, 4.69) is 9.26 Å². The Morgan fingerprint density at radius 1 is 1.15 bits per heavy atom. The average Bonchev–Trinajstić information content (AvgIpc) is 2.58. The van der Waals surface area contributed by atoms with E-state index in [0.29, 0.717) is 0 Å². The Balaban J connectivity index is 4.75. The number of nitrogens with two attached hydrogens (primary N) is 2. The molecule has 1 unspecified atom stereocenters. The van der Waals surface area contributed by atoms with Gasteiger partial charge in [0.15, 0.2) is 6.61 Å². The molecule has 0 heterocycles. The van der Waals surface area contributed by atoms with Gasteiger partial charge in [-0.1, -0.05) is 0 Å². The molecule has 14 heteroatoms. The number of phosphoric acid groups is 1. The van der Waals surface area contributed by atoms with Crippen LogP contribution in [0.2, 0.25) is 0 Å². The van der Waals surface area contributed by atoms with Gasteiger partial charge in [-0.2, -0.15) is 0 Å². The van der Waals surface area contributed by atoms with Crippen LogP contribution in [0.4, 0.5) is 0 Å². The predicted octanol–water partition coefficient (Wildman–Crippen LogP) is -4.28. The maximum absolute atomic E-state index is 11.8. The van der Waals surface area contributed by atoms with Crippen molar-refractivity contribution < 1.29 is 53.6 Å². The van der Waals surface area contributed by atoms with Gasteiger partial charge in [0.25, 0.3) is 0 Å². The van der Waals surface area contributed by atoms with Gasteiger partial charge in [-0.05, 0) is 19.4 Å². The van der Waals surface area contributed by atoms with Crippen LogP contribution in [-0.2, 0) is 23.4 Å². The Bertz CT molecular complexity index is 500. The molecule has 13 nitrogen and oxygen atoms in total. The molecular formula is C12H25N2O11P. The average molecular weight is 404 g/mol. The summed E-state index contributed by atoms with van der Waals surface area (Å²) < 4.78 is 19.9. The van der Waals surface area contributed by atoms with Crippen molar-refractivity contribution in [1.29, 1.82) is 0 Å². The molecule has 5 atom stereocenters. The summed E-state index contributed by atoms with van der Waals surface area (Å²) in [6.07, 6.45) is -7.21. The second-order valence-corrected chi connectivity index (χ2v) is 6.54. The Morgan fingerprint density at radius 3 is 2.19 bits per heavy atom. The van der Waals surface area contributed by atoms with E-state index in [0.717, 1.165) is 0 Å². The van der Waals surface area contributed by atoms with Crippen LogP contribution in [0, 0.1) is 0 Å². The molecule has 0 radical (unpaired) electrons. The highest BCUT2D eigenvalue weighted by Gasteiger charge is 2.34. The first-order chi connectivity index (χ1) is 11.9. The molecule has 10 N–H and O–H groups in total. The number of hydrogen-bond acceptors (Lipinski definition) is 11. The highest BCUT2D eigenvalue weighted by Crippen LogP contribution is 2.39. The molecule has 154 valence electrons. The fraction of sp³-hybridized carbons (Fsp3) is 0.833. The van der Waals surface area contributed by atoms with Crippen LogP contribution < -0.4 is 11.5 Å². The largest absolute Gasteiger partial charge is 0.469 e. The number of rotatable bonds is 13. The first-order valence-electron chi connectivity index (χ1n) is 7.48. The van der Waals surface area contributed by atoms with Crippen molar-refractivity contribution in [1.82, 2.24) is 0 Å². The molecule has 0 saturated carbocycles. The zero-order chi connectivity index (χ0) is 20.5. The van der Waals surface area contributed by atoms with Crippen molar-refractivity contribution in [3.63, 3.8) is 0 Å². The lowest BCUT2D eigenvalue weighted by molar-refractivity contribution is -0.157. The molecular weight excluding hydrogens is 379 g/mol. The number of carbonyl (C=O) groups is 2. The highest BCUT2D eigenvalue weighted by atomic mass is 31.2. The Hall–Kier alpha value is -0.990. The van der Waals surface area contributed by atoms with Crippen LogP contribution in [0.1, 0.15) is 12.8 Å². The maximum Gasteiger partial charge on any atom is 0.469 e. The SMILES string of the molecule is NCCCC(OP(=O)(O)O)[C@H](N)C(=O)OCC(=O)[C@@H](O)[C@H](O)[C@H](O)CO. The number of hydrogen-bond donors (Lipinski definition) is 8. The number of carbonyl (C=O) groups excluding carboxylic acids is 2. The summed E-state index contributed by atoms with van der Waals surface area (Å²) in [4.78, 5) is 41.1. The third-order valence-corrected chi connectivity index (χ3v) is 3.77. The fourth-order valence-electron chi connectivity index (χ4n) is 1.78. The maximum atomic E-state index is 11.8. The number of ether oxygens (including phenoxy) is 1. The third kappa shape index (κ3) is 9.09. The van der Waals surface area contributed by atoms with Gasteiger partial charge in [0, 0.05) is 0 Å². The first kappa shape index (κ1) is 25.0. The number of esters is 1. The molecule has 0 spiro atoms. The van der Waals surface area contributed by atoms with Gasteiger partial charge in [-0.3, -0.25) is 14.1 Å². The van der Waals surface area contributed by atoms with Gasteiger partial charge >= 0.3 is 13.8 Å². The van der Waals surface area contributed by atoms with Crippen LogP contribution in [0.5, 0.6) is 0 Å². The van der Waals surface area contributed by atoms with Crippen molar-refractivity contribution in [3.05, 3.63) is 0 Å². The summed E-state index contributed by atoms with van der Waals surface area (Å²) >= 11 is 0. The lowest BCUT2D eigenvalue weighted by Crippen LogP contribution is -2.47. The smallest absolute Gasteiger partial charge is 0.456 e. The van der Waals surface area contributed by atoms with Crippen LogP contribution in [-0.4, -0.2) is 92.2 Å². The summed E-state index contributed by atoms with van der Waals surface area (Å²) in [5.74, 6) is -2.45. The normalized spacial score (nSPS) is 17.8. The molecule has 0 aromatic rings. The second-order valence-electron chi connectivity index (χ2n) is 5.35. The number of aliphatic hydroxyl groups excluding tert-OH is 4. The van der Waals surface area contributed by atoms with E-state index in [1.54, 1.807) is 0 Å². The predicted molar refractivity (Wildman–Crippen MR) is 84.3 cm³/mol. The molecule has 0 aromatic heterocycles. The minimum Gasteiger partial charge on any atom is -0.456 e. The van der Waals surface area contributed by atoms with Crippen molar-refractivity contribution in [2.45, 2.75) is 43.3 Å². The van der Waals surface area contributed by atoms with Crippen molar-refractivity contribution >= 4 is 19.6 Å². The molecule has 0 rings (SSSR count).